The van der Waals surface area contributed by atoms with Crippen molar-refractivity contribution in [2.75, 3.05) is 19.7 Å². The first-order valence-corrected chi connectivity index (χ1v) is 16.0. The number of thioether (sulfide) groups is 1. The Bertz CT molecular complexity index is 1220. The molecule has 7 atom stereocenters. The summed E-state index contributed by atoms with van der Waals surface area (Å²) in [6, 6.07) is 8.70. The van der Waals surface area contributed by atoms with Gasteiger partial charge in [-0.1, -0.05) is 81.8 Å². The molecule has 8 heteroatoms. The summed E-state index contributed by atoms with van der Waals surface area (Å²) in [6.45, 7) is 11.6. The van der Waals surface area contributed by atoms with Crippen molar-refractivity contribution in [3.8, 4) is 0 Å². The van der Waals surface area contributed by atoms with Crippen molar-refractivity contribution in [1.29, 1.82) is 0 Å². The molecular weight excluding hydrogens is 534 g/mol. The first kappa shape index (κ1) is 29.9. The molecule has 1 aromatic carbocycles. The van der Waals surface area contributed by atoms with Crippen LogP contribution in [0.4, 0.5) is 0 Å². The highest BCUT2D eigenvalue weighted by atomic mass is 32.2. The summed E-state index contributed by atoms with van der Waals surface area (Å²) in [7, 11) is 0. The largest absolute Gasteiger partial charge is 0.394 e. The molecule has 4 aliphatic rings. The molecule has 4 aliphatic heterocycles. The van der Waals surface area contributed by atoms with Crippen molar-refractivity contribution in [1.82, 2.24) is 14.7 Å². The molecule has 41 heavy (non-hydrogen) atoms. The summed E-state index contributed by atoms with van der Waals surface area (Å²) in [5, 5.41) is 10.6. The van der Waals surface area contributed by atoms with Gasteiger partial charge in [0.2, 0.25) is 17.7 Å². The number of aliphatic hydroxyl groups is 1. The molecule has 1 spiro atoms. The molecule has 0 aromatic heterocycles. The smallest absolute Gasteiger partial charge is 0.247 e. The van der Waals surface area contributed by atoms with Crippen molar-refractivity contribution >= 4 is 29.5 Å². The molecule has 1 N–H and O–H groups in total. The lowest BCUT2D eigenvalue weighted by atomic mass is 9.74. The molecule has 5 rings (SSSR count). The molecule has 0 saturated carbocycles. The Labute approximate surface area is 249 Å². The Morgan fingerprint density at radius 1 is 0.976 bits per heavy atom. The third kappa shape index (κ3) is 5.05. The second-order valence-electron chi connectivity index (χ2n) is 12.8. The third-order valence-corrected chi connectivity index (χ3v) is 11.2. The SMILES string of the molecule is CCCC(C)N1CC=C[C@]23S[C@@]4(C)C=CCN(Cc5ccccc5)C(=O)[C@H]4[C@H]2C(=O)N([C@@H](CO)CC(C)C)C3C1=O. The van der Waals surface area contributed by atoms with Crippen LogP contribution in [0.2, 0.25) is 0 Å². The van der Waals surface area contributed by atoms with Gasteiger partial charge in [0.1, 0.15) is 6.04 Å². The number of carbonyl (C=O) groups excluding carboxylic acids is 3. The van der Waals surface area contributed by atoms with E-state index >= 15 is 0 Å². The van der Waals surface area contributed by atoms with Gasteiger partial charge in [0.25, 0.3) is 0 Å². The topological polar surface area (TPSA) is 81.2 Å². The predicted octanol–water partition coefficient (Wildman–Crippen LogP) is 4.27. The van der Waals surface area contributed by atoms with Crippen molar-refractivity contribution in [2.24, 2.45) is 17.8 Å². The predicted molar refractivity (Wildman–Crippen MR) is 163 cm³/mol. The quantitative estimate of drug-likeness (QED) is 0.442. The number of aliphatic hydroxyl groups excluding tert-OH is 1. The van der Waals surface area contributed by atoms with E-state index in [0.717, 1.165) is 18.4 Å². The molecule has 2 fully saturated rings. The molecule has 4 heterocycles. The maximum atomic E-state index is 14.7. The fraction of sp³-hybridized carbons (Fsp3) is 0.606. The van der Waals surface area contributed by atoms with Gasteiger partial charge in [0, 0.05) is 30.4 Å². The second kappa shape index (κ2) is 11.6. The van der Waals surface area contributed by atoms with Crippen LogP contribution in [0.5, 0.6) is 0 Å². The third-order valence-electron chi connectivity index (χ3n) is 9.41. The van der Waals surface area contributed by atoms with Crippen molar-refractivity contribution in [3.63, 3.8) is 0 Å². The number of nitrogens with zero attached hydrogens (tertiary/aromatic N) is 3. The lowest BCUT2D eigenvalue weighted by Crippen LogP contribution is -2.58. The molecule has 7 nitrogen and oxygen atoms in total. The Balaban J connectivity index is 1.61. The maximum Gasteiger partial charge on any atom is 0.247 e. The summed E-state index contributed by atoms with van der Waals surface area (Å²) in [5.41, 5.74) is 1.04. The van der Waals surface area contributed by atoms with Gasteiger partial charge in [-0.3, -0.25) is 14.4 Å². The van der Waals surface area contributed by atoms with E-state index in [2.05, 4.69) is 52.8 Å². The number of fused-ring (bicyclic) bond motifs is 2. The van der Waals surface area contributed by atoms with Gasteiger partial charge in [-0.05, 0) is 38.2 Å². The van der Waals surface area contributed by atoms with Crippen LogP contribution in [0.1, 0.15) is 59.4 Å². The number of carbonyl (C=O) groups is 3. The van der Waals surface area contributed by atoms with E-state index in [1.807, 2.05) is 46.2 Å². The van der Waals surface area contributed by atoms with E-state index < -0.39 is 33.4 Å². The lowest BCUT2D eigenvalue weighted by Gasteiger charge is -2.41. The number of amides is 3. The number of hydrogen-bond donors (Lipinski definition) is 1. The van der Waals surface area contributed by atoms with Gasteiger partial charge >= 0.3 is 0 Å². The lowest BCUT2D eigenvalue weighted by molar-refractivity contribution is -0.148. The Kier molecular flexibility index (Phi) is 8.46. The fourth-order valence-electron chi connectivity index (χ4n) is 7.66. The van der Waals surface area contributed by atoms with Crippen LogP contribution in [-0.2, 0) is 20.9 Å². The average Bonchev–Trinajstić information content (AvgIpc) is 3.21. The van der Waals surface area contributed by atoms with E-state index in [1.54, 1.807) is 16.7 Å². The highest BCUT2D eigenvalue weighted by molar-refractivity contribution is 8.02. The van der Waals surface area contributed by atoms with Gasteiger partial charge in [-0.25, -0.2) is 0 Å². The van der Waals surface area contributed by atoms with Crippen LogP contribution >= 0.6 is 11.8 Å². The van der Waals surface area contributed by atoms with Crippen LogP contribution < -0.4 is 0 Å². The van der Waals surface area contributed by atoms with E-state index in [4.69, 9.17) is 0 Å². The number of likely N-dealkylation sites (tertiary alicyclic amines) is 1. The summed E-state index contributed by atoms with van der Waals surface area (Å²) < 4.78 is -1.54. The first-order chi connectivity index (χ1) is 19.6. The summed E-state index contributed by atoms with van der Waals surface area (Å²) in [6.07, 6.45) is 10.7. The van der Waals surface area contributed by atoms with Crippen molar-refractivity contribution < 1.29 is 19.5 Å². The zero-order chi connectivity index (χ0) is 29.5. The van der Waals surface area contributed by atoms with Crippen LogP contribution in [-0.4, -0.2) is 84.8 Å². The van der Waals surface area contributed by atoms with E-state index in [1.165, 1.54) is 0 Å². The Morgan fingerprint density at radius 3 is 2.34 bits per heavy atom. The van der Waals surface area contributed by atoms with Crippen LogP contribution in [0, 0.1) is 17.8 Å². The summed E-state index contributed by atoms with van der Waals surface area (Å²) in [4.78, 5) is 49.2. The zero-order valence-electron chi connectivity index (χ0n) is 25.0. The van der Waals surface area contributed by atoms with Crippen molar-refractivity contribution in [3.05, 3.63) is 60.2 Å². The monoisotopic (exact) mass is 579 g/mol. The standard InChI is InChI=1S/C33H45N3O4S/c1-6-12-23(4)35-18-11-16-33-27(30(39)36(28(33)31(35)40)25(21-37)19-22(2)3)26-29(38)34(17-10-15-32(26,5)41-33)20-24-13-8-7-9-14-24/h7-11,13-16,22-23,25-28,37H,6,12,17-21H2,1-5H3/t23?,25-,26-,27+,28?,32+,33+/m1/s1. The minimum atomic E-state index is -0.894. The first-order valence-electron chi connectivity index (χ1n) is 15.2. The van der Waals surface area contributed by atoms with E-state index in [9.17, 15) is 19.5 Å². The molecule has 1 aromatic rings. The molecular formula is C33H45N3O4S. The molecule has 222 valence electrons. The Hall–Kier alpha value is -2.58. The minimum Gasteiger partial charge on any atom is -0.394 e. The second-order valence-corrected chi connectivity index (χ2v) is 14.6. The van der Waals surface area contributed by atoms with Gasteiger partial charge in [-0.15, -0.1) is 11.8 Å². The normalized spacial score (nSPS) is 32.6. The van der Waals surface area contributed by atoms with Crippen LogP contribution in [0.3, 0.4) is 0 Å². The fourth-order valence-corrected chi connectivity index (χ4v) is 9.80. The molecule has 2 saturated heterocycles. The van der Waals surface area contributed by atoms with E-state index in [-0.39, 0.29) is 36.3 Å². The number of benzene rings is 1. The van der Waals surface area contributed by atoms with E-state index in [0.29, 0.717) is 26.1 Å². The molecule has 0 radical (unpaired) electrons. The zero-order valence-corrected chi connectivity index (χ0v) is 25.8. The summed E-state index contributed by atoms with van der Waals surface area (Å²) >= 11 is 1.61. The van der Waals surface area contributed by atoms with Crippen LogP contribution in [0.25, 0.3) is 0 Å². The van der Waals surface area contributed by atoms with Gasteiger partial charge in [0.05, 0.1) is 29.2 Å². The minimum absolute atomic E-state index is 0.0244. The average molecular weight is 580 g/mol. The molecule has 0 aliphatic carbocycles. The molecule has 0 bridgehead atoms. The molecule has 3 amide bonds. The number of hydrogen-bond acceptors (Lipinski definition) is 5. The van der Waals surface area contributed by atoms with Crippen LogP contribution in [0.15, 0.2) is 54.6 Å². The van der Waals surface area contributed by atoms with Gasteiger partial charge in [-0.2, -0.15) is 0 Å². The molecule has 2 unspecified atom stereocenters. The van der Waals surface area contributed by atoms with Gasteiger partial charge in [0.15, 0.2) is 0 Å². The summed E-state index contributed by atoms with van der Waals surface area (Å²) in [5.74, 6) is -1.38. The Morgan fingerprint density at radius 2 is 1.68 bits per heavy atom. The maximum absolute atomic E-state index is 14.7. The number of rotatable bonds is 9. The highest BCUT2D eigenvalue weighted by Gasteiger charge is 2.74. The van der Waals surface area contributed by atoms with Gasteiger partial charge < -0.3 is 19.8 Å². The van der Waals surface area contributed by atoms with Crippen molar-refractivity contribution in [2.45, 2.75) is 88.0 Å². The highest BCUT2D eigenvalue weighted by Crippen LogP contribution is 2.66.